The number of rotatable bonds is 4. The van der Waals surface area contributed by atoms with Gasteiger partial charge < -0.3 is 20.5 Å². The molecule has 1 atom stereocenters. The van der Waals surface area contributed by atoms with Crippen molar-refractivity contribution < 1.29 is 8.76 Å². The maximum absolute atomic E-state index is 11.1. The lowest BCUT2D eigenvalue weighted by atomic mass is 10.2. The number of anilines is 3. The molecule has 3 N–H and O–H groups in total. The predicted molar refractivity (Wildman–Crippen MR) is 62.3 cm³/mol. The molecule has 0 aliphatic rings. The molecule has 0 fully saturated rings. The van der Waals surface area contributed by atoms with Crippen molar-refractivity contribution in [1.29, 1.82) is 0 Å². The summed E-state index contributed by atoms with van der Waals surface area (Å²) in [6.45, 7) is 0. The summed E-state index contributed by atoms with van der Waals surface area (Å²) >= 11 is -2.26. The Balaban J connectivity index is 3.39. The van der Waals surface area contributed by atoms with Crippen LogP contribution in [0.15, 0.2) is 17.0 Å². The third kappa shape index (κ3) is 2.40. The van der Waals surface area contributed by atoms with Crippen LogP contribution in [0.4, 0.5) is 17.1 Å². The molecule has 0 bridgehead atoms. The van der Waals surface area contributed by atoms with Crippen LogP contribution in [0.5, 0.6) is 0 Å². The second-order valence-electron chi connectivity index (χ2n) is 2.89. The van der Waals surface area contributed by atoms with Gasteiger partial charge in [-0.2, -0.15) is 0 Å². The summed E-state index contributed by atoms with van der Waals surface area (Å²) in [5.74, 6) is 0. The van der Waals surface area contributed by atoms with Crippen LogP contribution in [-0.2, 0) is 11.1 Å². The fourth-order valence-electron chi connectivity index (χ4n) is 1.32. The molecule has 1 aromatic rings. The molecule has 0 aromatic heterocycles. The van der Waals surface area contributed by atoms with E-state index in [9.17, 15) is 8.76 Å². The molecule has 0 amide bonds. The molecule has 0 aliphatic carbocycles. The first-order valence-electron chi connectivity index (χ1n) is 4.44. The lowest BCUT2D eigenvalue weighted by Crippen LogP contribution is -2.04. The molecule has 84 valence electrons. The normalized spacial score (nSPS) is 12.0. The quantitative estimate of drug-likeness (QED) is 0.671. The largest absolute Gasteiger partial charge is 0.768 e. The Hall–Kier alpha value is -1.27. The Morgan fingerprint density at radius 2 is 1.53 bits per heavy atom. The molecule has 0 heterocycles. The van der Waals surface area contributed by atoms with E-state index in [4.69, 9.17) is 0 Å². The Kier molecular flexibility index (Phi) is 3.93. The Labute approximate surface area is 91.6 Å². The maximum Gasteiger partial charge on any atom is 0.0713 e. The van der Waals surface area contributed by atoms with Gasteiger partial charge >= 0.3 is 0 Å². The minimum Gasteiger partial charge on any atom is -0.768 e. The van der Waals surface area contributed by atoms with Gasteiger partial charge in [-0.05, 0) is 23.2 Å². The fourth-order valence-corrected chi connectivity index (χ4v) is 2.01. The monoisotopic (exact) mass is 228 g/mol. The minimum absolute atomic E-state index is 0.249. The predicted octanol–water partition coefficient (Wildman–Crippen LogP) is 1.05. The standard InChI is InChI=1S/C9H15N3O2S/c1-10-6-4-7(11-2)9(15(13)14)8(5-6)12-3/h4-5,10-12H,1-3H3,(H,13,14)/p-1. The highest BCUT2D eigenvalue weighted by Gasteiger charge is 2.09. The molecule has 6 heteroatoms. The van der Waals surface area contributed by atoms with Crippen molar-refractivity contribution in [2.75, 3.05) is 37.1 Å². The molecule has 0 saturated carbocycles. The van der Waals surface area contributed by atoms with E-state index in [2.05, 4.69) is 16.0 Å². The summed E-state index contributed by atoms with van der Waals surface area (Å²) in [6, 6.07) is 3.48. The first-order chi connectivity index (χ1) is 7.13. The molecule has 1 aromatic carbocycles. The first-order valence-corrected chi connectivity index (χ1v) is 5.52. The molecule has 1 rings (SSSR count). The number of benzene rings is 1. The summed E-state index contributed by atoms with van der Waals surface area (Å²) in [7, 11) is 5.15. The second-order valence-corrected chi connectivity index (χ2v) is 3.76. The first kappa shape index (κ1) is 11.8. The van der Waals surface area contributed by atoms with Crippen LogP contribution in [0.3, 0.4) is 0 Å². The van der Waals surface area contributed by atoms with E-state index in [0.717, 1.165) is 5.69 Å². The van der Waals surface area contributed by atoms with Crippen molar-refractivity contribution in [3.05, 3.63) is 12.1 Å². The van der Waals surface area contributed by atoms with E-state index in [0.29, 0.717) is 11.4 Å². The van der Waals surface area contributed by atoms with Gasteiger partial charge in [0.15, 0.2) is 0 Å². The van der Waals surface area contributed by atoms with Gasteiger partial charge in [0, 0.05) is 26.8 Å². The zero-order valence-electron chi connectivity index (χ0n) is 8.88. The fraction of sp³-hybridized carbons (Fsp3) is 0.333. The van der Waals surface area contributed by atoms with Gasteiger partial charge in [0.05, 0.1) is 16.3 Å². The SMILES string of the molecule is CNc1cc(NC)c(S(=O)[O-])c(NC)c1. The third-order valence-corrected chi connectivity index (χ3v) is 2.86. The maximum atomic E-state index is 11.1. The minimum atomic E-state index is -2.26. The molecular formula is C9H14N3O2S-. The van der Waals surface area contributed by atoms with Crippen molar-refractivity contribution >= 4 is 28.1 Å². The molecule has 0 spiro atoms. The molecule has 15 heavy (non-hydrogen) atoms. The second kappa shape index (κ2) is 4.99. The van der Waals surface area contributed by atoms with Crippen LogP contribution < -0.4 is 16.0 Å². The Morgan fingerprint density at radius 3 is 1.80 bits per heavy atom. The summed E-state index contributed by atoms with van der Waals surface area (Å²) in [5.41, 5.74) is 1.98. The molecule has 0 radical (unpaired) electrons. The topological polar surface area (TPSA) is 76.2 Å². The molecule has 1 unspecified atom stereocenters. The van der Waals surface area contributed by atoms with Crippen LogP contribution in [0.1, 0.15) is 0 Å². The number of hydrogen-bond acceptors (Lipinski definition) is 5. The van der Waals surface area contributed by atoms with Gasteiger partial charge in [0.25, 0.3) is 0 Å². The third-order valence-electron chi connectivity index (χ3n) is 2.08. The van der Waals surface area contributed by atoms with E-state index in [-0.39, 0.29) is 4.90 Å². The lowest BCUT2D eigenvalue weighted by Gasteiger charge is -2.18. The van der Waals surface area contributed by atoms with E-state index < -0.39 is 11.1 Å². The van der Waals surface area contributed by atoms with Crippen LogP contribution in [0.25, 0.3) is 0 Å². The highest BCUT2D eigenvalue weighted by atomic mass is 32.2. The van der Waals surface area contributed by atoms with Crippen molar-refractivity contribution in [1.82, 2.24) is 0 Å². The van der Waals surface area contributed by atoms with Crippen molar-refractivity contribution in [2.24, 2.45) is 0 Å². The van der Waals surface area contributed by atoms with E-state index in [1.54, 1.807) is 33.3 Å². The van der Waals surface area contributed by atoms with Crippen molar-refractivity contribution in [3.63, 3.8) is 0 Å². The van der Waals surface area contributed by atoms with Gasteiger partial charge in [0.2, 0.25) is 0 Å². The lowest BCUT2D eigenvalue weighted by molar-refractivity contribution is 0.538. The van der Waals surface area contributed by atoms with Crippen LogP contribution >= 0.6 is 0 Å². The Bertz CT molecular complexity index is 357. The van der Waals surface area contributed by atoms with Crippen molar-refractivity contribution in [3.8, 4) is 0 Å². The van der Waals surface area contributed by atoms with Crippen LogP contribution in [0.2, 0.25) is 0 Å². The highest BCUT2D eigenvalue weighted by molar-refractivity contribution is 7.79. The van der Waals surface area contributed by atoms with E-state index in [1.165, 1.54) is 0 Å². The van der Waals surface area contributed by atoms with Gasteiger partial charge in [-0.15, -0.1) is 0 Å². The zero-order chi connectivity index (χ0) is 11.4. The number of hydrogen-bond donors (Lipinski definition) is 3. The average molecular weight is 228 g/mol. The average Bonchev–Trinajstić information content (AvgIpc) is 2.26. The summed E-state index contributed by atoms with van der Waals surface area (Å²) in [6.07, 6.45) is 0. The molecule has 0 aliphatic heterocycles. The van der Waals surface area contributed by atoms with Crippen LogP contribution in [0, 0.1) is 0 Å². The van der Waals surface area contributed by atoms with Gasteiger partial charge in [-0.3, -0.25) is 4.21 Å². The molecular weight excluding hydrogens is 214 g/mol. The zero-order valence-corrected chi connectivity index (χ0v) is 9.70. The molecule has 5 nitrogen and oxygen atoms in total. The van der Waals surface area contributed by atoms with Gasteiger partial charge in [-0.25, -0.2) is 0 Å². The smallest absolute Gasteiger partial charge is 0.0713 e. The van der Waals surface area contributed by atoms with E-state index >= 15 is 0 Å². The van der Waals surface area contributed by atoms with Crippen LogP contribution in [-0.4, -0.2) is 29.9 Å². The Morgan fingerprint density at radius 1 is 1.07 bits per heavy atom. The van der Waals surface area contributed by atoms with Crippen molar-refractivity contribution in [2.45, 2.75) is 4.90 Å². The van der Waals surface area contributed by atoms with Gasteiger partial charge in [-0.1, -0.05) is 0 Å². The molecule has 0 saturated heterocycles. The van der Waals surface area contributed by atoms with Gasteiger partial charge in [0.1, 0.15) is 0 Å². The van der Waals surface area contributed by atoms with E-state index in [1.807, 2.05) is 0 Å². The summed E-state index contributed by atoms with van der Waals surface area (Å²) in [4.78, 5) is 0.249. The summed E-state index contributed by atoms with van der Waals surface area (Å²) < 4.78 is 22.1. The summed E-state index contributed by atoms with van der Waals surface area (Å²) in [5, 5.41) is 8.67. The number of nitrogens with one attached hydrogen (secondary N) is 3. The highest BCUT2D eigenvalue weighted by Crippen LogP contribution is 2.31.